The molecule has 23 heteroatoms. The van der Waals surface area contributed by atoms with Crippen LogP contribution >= 0.6 is 23.5 Å². The fourth-order valence-corrected chi connectivity index (χ4v) is 5.68. The third kappa shape index (κ3) is 8.94. The van der Waals surface area contributed by atoms with Crippen molar-refractivity contribution in [3.8, 4) is 0 Å². The highest BCUT2D eigenvalue weighted by molar-refractivity contribution is 7.61. The zero-order valence-corrected chi connectivity index (χ0v) is 21.4. The first kappa shape index (κ1) is 32.1. The van der Waals surface area contributed by atoms with Gasteiger partial charge in [-0.3, -0.25) is 18.1 Å². The molecule has 2 unspecified atom stereocenters. The summed E-state index contributed by atoms with van der Waals surface area (Å²) in [6.07, 6.45) is -7.61. The summed E-state index contributed by atoms with van der Waals surface area (Å²) >= 11 is 0. The first-order chi connectivity index (χ1) is 16.8. The Balaban J connectivity index is 1.97. The van der Waals surface area contributed by atoms with Gasteiger partial charge in [0.15, 0.2) is 6.23 Å². The number of rotatable bonds is 13. The van der Waals surface area contributed by atoms with E-state index in [4.69, 9.17) is 20.3 Å². The topological polar surface area (TPSA) is 320 Å². The van der Waals surface area contributed by atoms with Gasteiger partial charge in [0, 0.05) is 6.20 Å². The maximum atomic E-state index is 12.1. The van der Waals surface area contributed by atoms with Gasteiger partial charge < -0.3 is 50.5 Å². The van der Waals surface area contributed by atoms with Gasteiger partial charge in [-0.25, -0.2) is 18.5 Å². The number of phosphoric ester groups is 3. The molecule has 10 N–H and O–H groups in total. The van der Waals surface area contributed by atoms with E-state index in [1.165, 1.54) is 6.07 Å². The van der Waals surface area contributed by atoms with E-state index in [-0.39, 0.29) is 5.82 Å². The number of nitrogen functional groups attached to an aromatic ring is 1. The molecule has 2 heterocycles. The van der Waals surface area contributed by atoms with Gasteiger partial charge in [-0.1, -0.05) is 0 Å². The largest absolute Gasteiger partial charge is 0.481 e. The predicted molar refractivity (Wildman–Crippen MR) is 116 cm³/mol. The lowest BCUT2D eigenvalue weighted by Crippen LogP contribution is -2.47. The number of hydrogen-bond acceptors (Lipinski definition) is 15. The Labute approximate surface area is 207 Å². The molecule has 1 saturated heterocycles. The number of hydrogen-bond donors (Lipinski definition) is 9. The smallest absolute Gasteiger partial charge is 0.393 e. The van der Waals surface area contributed by atoms with Crippen LogP contribution in [0.1, 0.15) is 13.2 Å². The summed E-state index contributed by atoms with van der Waals surface area (Å²) in [7, 11) is -16.2. The van der Waals surface area contributed by atoms with Crippen molar-refractivity contribution in [2.24, 2.45) is 0 Å². The van der Waals surface area contributed by atoms with Gasteiger partial charge in [0.1, 0.15) is 35.8 Å². The molecule has 0 bridgehead atoms. The summed E-state index contributed by atoms with van der Waals surface area (Å²) in [6.45, 7) is -2.66. The molecule has 1 aromatic rings. The van der Waals surface area contributed by atoms with Crippen molar-refractivity contribution >= 4 is 29.3 Å². The normalized spacial score (nSPS) is 28.2. The molecule has 37 heavy (non-hydrogen) atoms. The van der Waals surface area contributed by atoms with Crippen LogP contribution in [0.15, 0.2) is 17.1 Å². The summed E-state index contributed by atoms with van der Waals surface area (Å²) in [5.74, 6) is -0.133. The van der Waals surface area contributed by atoms with Gasteiger partial charge in [-0.05, 0) is 13.0 Å². The van der Waals surface area contributed by atoms with Crippen LogP contribution in [-0.4, -0.2) is 99.4 Å². The maximum absolute atomic E-state index is 12.1. The Morgan fingerprint density at radius 3 is 2.30 bits per heavy atom. The molecule has 1 aromatic heterocycles. The van der Waals surface area contributed by atoms with Crippen LogP contribution in [0.5, 0.6) is 0 Å². The molecular weight excluding hydrogens is 578 g/mol. The minimum absolute atomic E-state index is 0.133. The number of nitrogens with zero attached hydrogens (tertiary/aromatic N) is 2. The van der Waals surface area contributed by atoms with Crippen LogP contribution in [-0.2, 0) is 36.3 Å². The van der Waals surface area contributed by atoms with Gasteiger partial charge >= 0.3 is 29.2 Å². The molecule has 1 aliphatic rings. The standard InChI is InChI=1S/C14H26N3O17P3/c1-14(6-18,33-35(23,24)25)8(19)5-31-37(28,29)34-36(26,27)30-4-7-10(20)11(21)12(32-7)17-3-2-9(15)16-13(17)22/h2-3,7-8,10-12,18-21H,4-6H2,1H3,(H,26,27)(H,28,29)(H2,15,16,22)(H2,23,24,25)/t7-,8+,10-,11-,12-,14+/m1/s1/i5+1,6+1,8+1. The minimum Gasteiger partial charge on any atom is -0.393 e. The molecule has 8 atom stereocenters. The summed E-state index contributed by atoms with van der Waals surface area (Å²) in [5, 5.41) is 39.4. The highest BCUT2D eigenvalue weighted by atomic mass is 31.3. The van der Waals surface area contributed by atoms with Gasteiger partial charge in [0.25, 0.3) is 0 Å². The minimum atomic E-state index is -5.51. The van der Waals surface area contributed by atoms with Crippen LogP contribution in [0.4, 0.5) is 5.82 Å². The van der Waals surface area contributed by atoms with E-state index in [1.807, 2.05) is 0 Å². The van der Waals surface area contributed by atoms with Crippen molar-refractivity contribution in [1.82, 2.24) is 9.55 Å². The van der Waals surface area contributed by atoms with Gasteiger partial charge in [0.05, 0.1) is 19.8 Å². The van der Waals surface area contributed by atoms with E-state index in [0.29, 0.717) is 0 Å². The number of anilines is 1. The molecule has 0 amide bonds. The zero-order valence-electron chi connectivity index (χ0n) is 18.7. The Bertz CT molecular complexity index is 1140. The molecule has 214 valence electrons. The van der Waals surface area contributed by atoms with Crippen molar-refractivity contribution in [3.63, 3.8) is 0 Å². The monoisotopic (exact) mass is 604 g/mol. The number of aliphatic hydroxyl groups is 4. The molecule has 2 rings (SSSR count). The van der Waals surface area contributed by atoms with Crippen molar-refractivity contribution in [1.29, 1.82) is 0 Å². The van der Waals surface area contributed by atoms with E-state index in [0.717, 1.165) is 17.7 Å². The summed E-state index contributed by atoms with van der Waals surface area (Å²) in [6, 6.07) is 1.20. The summed E-state index contributed by atoms with van der Waals surface area (Å²) in [5.41, 5.74) is 2.04. The lowest BCUT2D eigenvalue weighted by molar-refractivity contribution is -0.101. The molecule has 1 aliphatic heterocycles. The summed E-state index contributed by atoms with van der Waals surface area (Å²) in [4.78, 5) is 52.4. The molecule has 0 aromatic carbocycles. The Morgan fingerprint density at radius 1 is 1.16 bits per heavy atom. The molecule has 0 radical (unpaired) electrons. The molecule has 20 nitrogen and oxygen atoms in total. The van der Waals surface area contributed by atoms with E-state index < -0.39 is 85.2 Å². The van der Waals surface area contributed by atoms with Gasteiger partial charge in [-0.2, -0.15) is 9.29 Å². The molecular formula is C14H26N3O17P3. The number of aliphatic hydroxyl groups excluding tert-OH is 4. The number of ether oxygens (including phenoxy) is 1. The fraction of sp³-hybridized carbons (Fsp3) is 0.714. The Kier molecular flexibility index (Phi) is 10.3. The zero-order chi connectivity index (χ0) is 28.4. The van der Waals surface area contributed by atoms with Crippen LogP contribution in [0, 0.1) is 0 Å². The fourth-order valence-electron chi connectivity index (χ4n) is 2.87. The van der Waals surface area contributed by atoms with Crippen molar-refractivity contribution in [2.75, 3.05) is 25.6 Å². The molecule has 0 aliphatic carbocycles. The summed E-state index contributed by atoms with van der Waals surface area (Å²) < 4.78 is 58.2. The predicted octanol–water partition coefficient (Wildman–Crippen LogP) is -3.08. The maximum Gasteiger partial charge on any atom is 0.481 e. The first-order valence-electron chi connectivity index (χ1n) is 9.87. The molecule has 0 saturated carbocycles. The average Bonchev–Trinajstić information content (AvgIpc) is 3.02. The van der Waals surface area contributed by atoms with Crippen molar-refractivity contribution in [3.05, 3.63) is 22.7 Å². The second-order valence-corrected chi connectivity index (χ2v) is 12.0. The second kappa shape index (κ2) is 11.9. The van der Waals surface area contributed by atoms with Gasteiger partial charge in [0.2, 0.25) is 0 Å². The van der Waals surface area contributed by atoms with Crippen LogP contribution in [0.25, 0.3) is 0 Å². The molecule has 0 spiro atoms. The van der Waals surface area contributed by atoms with Crippen LogP contribution < -0.4 is 11.4 Å². The van der Waals surface area contributed by atoms with E-state index in [1.54, 1.807) is 0 Å². The third-order valence-electron chi connectivity index (χ3n) is 4.81. The lowest BCUT2D eigenvalue weighted by atomic mass is 10.1. The third-order valence-corrected chi connectivity index (χ3v) is 8.07. The van der Waals surface area contributed by atoms with Crippen LogP contribution in [0.2, 0.25) is 0 Å². The molecule has 1 fully saturated rings. The highest BCUT2D eigenvalue weighted by Gasteiger charge is 2.46. The number of phosphoric acid groups is 3. The van der Waals surface area contributed by atoms with E-state index >= 15 is 0 Å². The second-order valence-electron chi connectivity index (χ2n) is 7.77. The number of aromatic nitrogens is 2. The SMILES string of the molecule is C[C@@]([13CH2]O)(OP(=O)(O)O)[13C@@H](O)[13CH2]OP(=O)(O)OP(=O)(O)OC[C@H]1O[C@@H](n2ccc(N)nc2=O)[C@H](O)[C@@H]1O. The average molecular weight is 604 g/mol. The van der Waals surface area contributed by atoms with Crippen molar-refractivity contribution < 1.29 is 76.3 Å². The number of nitrogens with two attached hydrogens (primary N) is 1. The van der Waals surface area contributed by atoms with Gasteiger partial charge in [-0.15, -0.1) is 0 Å². The highest BCUT2D eigenvalue weighted by Crippen LogP contribution is 2.60. The quantitative estimate of drug-likeness (QED) is 0.0796. The van der Waals surface area contributed by atoms with E-state index in [9.17, 15) is 48.7 Å². The Hall–Kier alpha value is -1.15. The lowest BCUT2D eigenvalue weighted by Gasteiger charge is -2.32. The van der Waals surface area contributed by atoms with Crippen molar-refractivity contribution in [2.45, 2.75) is 43.2 Å². The Morgan fingerprint density at radius 2 is 1.76 bits per heavy atom. The van der Waals surface area contributed by atoms with E-state index in [2.05, 4.69) is 22.9 Å². The first-order valence-corrected chi connectivity index (χ1v) is 14.4. The van der Waals surface area contributed by atoms with Crippen LogP contribution in [0.3, 0.4) is 0 Å².